The van der Waals surface area contributed by atoms with Crippen molar-refractivity contribution in [2.24, 2.45) is 4.99 Å². The van der Waals surface area contributed by atoms with E-state index >= 15 is 0 Å². The SMILES string of the molecule is CCOC(=O)c1ccc(COc2ccc(/C=c3/sc4n(c3=O)[C@H](c3ccc(OCC)c(OCC)c3)C(C(=O)OC)=CN=4)cc2Br)cc1. The topological polar surface area (TPSA) is 115 Å². The minimum atomic E-state index is -0.787. The highest BCUT2D eigenvalue weighted by Crippen LogP contribution is 2.35. The molecule has 0 radical (unpaired) electrons. The van der Waals surface area contributed by atoms with Crippen LogP contribution >= 0.6 is 27.3 Å². The third-order valence-corrected chi connectivity index (χ3v) is 8.74. The van der Waals surface area contributed by atoms with Gasteiger partial charge in [0.15, 0.2) is 16.3 Å². The third kappa shape index (κ3) is 7.50. The van der Waals surface area contributed by atoms with Crippen molar-refractivity contribution in [2.45, 2.75) is 33.4 Å². The number of halogens is 1. The van der Waals surface area contributed by atoms with Gasteiger partial charge in [-0.1, -0.05) is 35.6 Å². The van der Waals surface area contributed by atoms with Gasteiger partial charge in [0.05, 0.1) is 53.1 Å². The fourth-order valence-corrected chi connectivity index (χ4v) is 6.46. The molecular formula is C35H33BrN2O8S. The molecule has 1 atom stereocenters. The van der Waals surface area contributed by atoms with Gasteiger partial charge in [0.1, 0.15) is 12.4 Å². The average molecular weight is 722 g/mol. The number of thiazole rings is 1. The molecule has 12 heteroatoms. The fraction of sp³-hybridized carbons (Fsp3) is 0.257. The first-order valence-electron chi connectivity index (χ1n) is 14.9. The summed E-state index contributed by atoms with van der Waals surface area (Å²) in [5.41, 5.74) is 2.69. The largest absolute Gasteiger partial charge is 0.490 e. The predicted molar refractivity (Wildman–Crippen MR) is 181 cm³/mol. The maximum absolute atomic E-state index is 13.9. The Hall–Kier alpha value is -4.68. The molecule has 0 bridgehead atoms. The molecule has 0 aliphatic carbocycles. The molecule has 10 nitrogen and oxygen atoms in total. The Bertz CT molecular complexity index is 2000. The quantitative estimate of drug-likeness (QED) is 0.181. The van der Waals surface area contributed by atoms with Crippen molar-refractivity contribution in [2.75, 3.05) is 26.9 Å². The highest BCUT2D eigenvalue weighted by molar-refractivity contribution is 9.10. The molecule has 2 heterocycles. The van der Waals surface area contributed by atoms with Gasteiger partial charge in [0.25, 0.3) is 5.56 Å². The van der Waals surface area contributed by atoms with E-state index in [2.05, 4.69) is 20.9 Å². The minimum Gasteiger partial charge on any atom is -0.490 e. The summed E-state index contributed by atoms with van der Waals surface area (Å²) in [6.07, 6.45) is 3.23. The Morgan fingerprint density at radius 3 is 2.30 bits per heavy atom. The number of carbonyl (C=O) groups is 2. The average Bonchev–Trinajstić information content (AvgIpc) is 3.39. The number of aromatic nitrogens is 1. The van der Waals surface area contributed by atoms with Crippen molar-refractivity contribution in [3.05, 3.63) is 119 Å². The molecule has 244 valence electrons. The normalized spacial score (nSPS) is 14.0. The fourth-order valence-electron chi connectivity index (χ4n) is 4.98. The first-order chi connectivity index (χ1) is 22.8. The van der Waals surface area contributed by atoms with E-state index in [1.807, 2.05) is 50.2 Å². The summed E-state index contributed by atoms with van der Waals surface area (Å²) in [4.78, 5) is 43.6. The minimum absolute atomic E-state index is 0.220. The zero-order valence-corrected chi connectivity index (χ0v) is 28.7. The summed E-state index contributed by atoms with van der Waals surface area (Å²) >= 11 is 4.80. The Morgan fingerprint density at radius 2 is 1.62 bits per heavy atom. The van der Waals surface area contributed by atoms with Crippen molar-refractivity contribution in [1.82, 2.24) is 4.57 Å². The lowest BCUT2D eigenvalue weighted by molar-refractivity contribution is -0.136. The van der Waals surface area contributed by atoms with E-state index in [1.165, 1.54) is 29.2 Å². The molecule has 0 saturated heterocycles. The molecule has 3 aromatic carbocycles. The van der Waals surface area contributed by atoms with Gasteiger partial charge in [-0.2, -0.15) is 0 Å². The lowest BCUT2D eigenvalue weighted by atomic mass is 9.97. The predicted octanol–water partition coefficient (Wildman–Crippen LogP) is 5.33. The van der Waals surface area contributed by atoms with Crippen LogP contribution in [0.1, 0.15) is 53.9 Å². The van der Waals surface area contributed by atoms with Crippen LogP contribution in [-0.4, -0.2) is 43.4 Å². The summed E-state index contributed by atoms with van der Waals surface area (Å²) in [5, 5.41) is 0. The number of benzene rings is 3. The maximum atomic E-state index is 13.9. The second-order valence-electron chi connectivity index (χ2n) is 10.1. The van der Waals surface area contributed by atoms with E-state index < -0.39 is 12.0 Å². The number of nitrogens with zero attached hydrogens (tertiary/aromatic N) is 2. The van der Waals surface area contributed by atoms with Crippen molar-refractivity contribution in [3.8, 4) is 17.2 Å². The number of fused-ring (bicyclic) bond motifs is 1. The molecule has 5 rings (SSSR count). The van der Waals surface area contributed by atoms with Crippen LogP contribution in [0.15, 0.2) is 86.7 Å². The van der Waals surface area contributed by atoms with Crippen LogP contribution in [0.3, 0.4) is 0 Å². The van der Waals surface area contributed by atoms with Gasteiger partial charge in [-0.15, -0.1) is 0 Å². The molecule has 0 amide bonds. The molecule has 1 aliphatic heterocycles. The van der Waals surface area contributed by atoms with Gasteiger partial charge < -0.3 is 23.7 Å². The molecule has 47 heavy (non-hydrogen) atoms. The van der Waals surface area contributed by atoms with Crippen molar-refractivity contribution < 1.29 is 33.3 Å². The van der Waals surface area contributed by atoms with Crippen molar-refractivity contribution >= 4 is 45.3 Å². The van der Waals surface area contributed by atoms with E-state index in [0.29, 0.717) is 68.6 Å². The zero-order chi connectivity index (χ0) is 33.5. The molecule has 1 aromatic heterocycles. The highest BCUT2D eigenvalue weighted by atomic mass is 79.9. The molecule has 0 spiro atoms. The molecule has 0 unspecified atom stereocenters. The number of ether oxygens (including phenoxy) is 5. The molecule has 0 saturated carbocycles. The van der Waals surface area contributed by atoms with Gasteiger partial charge in [-0.05, 0) is 95.9 Å². The number of hydrogen-bond acceptors (Lipinski definition) is 10. The standard InChI is InChI=1S/C35H33BrN2O8S/c1-5-43-28-15-13-24(18-29(28)44-6-2)31-25(34(41)42-4)19-37-35-38(31)32(39)30(47-35)17-22-10-14-27(26(36)16-22)46-20-21-8-11-23(12-9-21)33(40)45-7-3/h8-19,31H,5-7,20H2,1-4H3/b30-17+/t31-/m1/s1. The van der Waals surface area contributed by atoms with E-state index in [4.69, 9.17) is 23.7 Å². The molecule has 4 aromatic rings. The summed E-state index contributed by atoms with van der Waals surface area (Å²) in [5.74, 6) is 0.739. The van der Waals surface area contributed by atoms with Crippen LogP contribution in [0.4, 0.5) is 0 Å². The maximum Gasteiger partial charge on any atom is 0.338 e. The Labute approximate surface area is 283 Å². The van der Waals surface area contributed by atoms with E-state index in [1.54, 1.807) is 37.3 Å². The number of rotatable bonds is 12. The first kappa shape index (κ1) is 33.7. The smallest absolute Gasteiger partial charge is 0.338 e. The van der Waals surface area contributed by atoms with Gasteiger partial charge >= 0.3 is 11.9 Å². The molecule has 1 aliphatic rings. The Balaban J connectivity index is 1.44. The van der Waals surface area contributed by atoms with Crippen LogP contribution in [-0.2, 0) is 20.9 Å². The number of carbonyl (C=O) groups excluding carboxylic acids is 2. The van der Waals surface area contributed by atoms with Crippen LogP contribution < -0.4 is 29.1 Å². The third-order valence-electron chi connectivity index (χ3n) is 7.12. The first-order valence-corrected chi connectivity index (χ1v) is 16.6. The lowest BCUT2D eigenvalue weighted by Gasteiger charge is -2.23. The second kappa shape index (κ2) is 15.3. The summed E-state index contributed by atoms with van der Waals surface area (Å²) in [6.45, 7) is 7.00. The Kier molecular flexibility index (Phi) is 10.9. The highest BCUT2D eigenvalue weighted by Gasteiger charge is 2.31. The van der Waals surface area contributed by atoms with Crippen LogP contribution in [0.2, 0.25) is 0 Å². The second-order valence-corrected chi connectivity index (χ2v) is 12.0. The molecule has 0 fully saturated rings. The van der Waals surface area contributed by atoms with Crippen LogP contribution in [0, 0.1) is 0 Å². The van der Waals surface area contributed by atoms with Gasteiger partial charge in [0.2, 0.25) is 0 Å². The van der Waals surface area contributed by atoms with E-state index in [9.17, 15) is 14.4 Å². The number of hydrogen-bond donors (Lipinski definition) is 0. The summed E-state index contributed by atoms with van der Waals surface area (Å²) < 4.78 is 30.3. The van der Waals surface area contributed by atoms with E-state index in [0.717, 1.165) is 11.1 Å². The summed E-state index contributed by atoms with van der Waals surface area (Å²) in [7, 11) is 1.29. The zero-order valence-electron chi connectivity index (χ0n) is 26.3. The Morgan fingerprint density at radius 1 is 0.894 bits per heavy atom. The lowest BCUT2D eigenvalue weighted by Crippen LogP contribution is -2.39. The molecule has 0 N–H and O–H groups in total. The van der Waals surface area contributed by atoms with Crippen LogP contribution in [0.25, 0.3) is 6.08 Å². The van der Waals surface area contributed by atoms with Crippen LogP contribution in [0.5, 0.6) is 17.2 Å². The van der Waals surface area contributed by atoms with Gasteiger partial charge in [-0.25, -0.2) is 14.6 Å². The van der Waals surface area contributed by atoms with Crippen molar-refractivity contribution in [3.63, 3.8) is 0 Å². The van der Waals surface area contributed by atoms with Gasteiger partial charge in [0, 0.05) is 6.20 Å². The molecular weight excluding hydrogens is 688 g/mol. The monoisotopic (exact) mass is 720 g/mol. The number of methoxy groups -OCH3 is 1. The van der Waals surface area contributed by atoms with E-state index in [-0.39, 0.29) is 17.1 Å². The van der Waals surface area contributed by atoms with Crippen molar-refractivity contribution in [1.29, 1.82) is 0 Å². The van der Waals surface area contributed by atoms with Gasteiger partial charge in [-0.3, -0.25) is 9.36 Å². The number of esters is 2. The summed E-state index contributed by atoms with van der Waals surface area (Å²) in [6, 6.07) is 17.1.